The Morgan fingerprint density at radius 1 is 1.23 bits per heavy atom. The number of nitrogens with two attached hydrogens (primary N) is 1. The number of hydrogen-bond donors (Lipinski definition) is 1. The maximum Gasteiger partial charge on any atom is 0.0607 e. The summed E-state index contributed by atoms with van der Waals surface area (Å²) in [7, 11) is 0. The van der Waals surface area contributed by atoms with Gasteiger partial charge in [-0.2, -0.15) is 0 Å². The molecular formula is C21H31ClN4. The Morgan fingerprint density at radius 2 is 2.08 bits per heavy atom. The minimum atomic E-state index is 0. The van der Waals surface area contributed by atoms with E-state index in [0.29, 0.717) is 6.04 Å². The fourth-order valence-electron chi connectivity index (χ4n) is 3.85. The summed E-state index contributed by atoms with van der Waals surface area (Å²) in [4.78, 5) is 12.0. The molecule has 0 spiro atoms. The summed E-state index contributed by atoms with van der Waals surface area (Å²) >= 11 is 0. The van der Waals surface area contributed by atoms with Crippen molar-refractivity contribution in [3.8, 4) is 0 Å². The highest BCUT2D eigenvalue weighted by atomic mass is 35.5. The molecule has 0 bridgehead atoms. The zero-order valence-corrected chi connectivity index (χ0v) is 16.8. The second-order valence-electron chi connectivity index (χ2n) is 7.20. The van der Waals surface area contributed by atoms with Gasteiger partial charge in [0.25, 0.3) is 0 Å². The van der Waals surface area contributed by atoms with Crippen LogP contribution in [0.3, 0.4) is 0 Å². The van der Waals surface area contributed by atoms with Gasteiger partial charge in [-0.05, 0) is 81.8 Å². The number of aryl methyl sites for hydroxylation is 3. The molecule has 0 amide bonds. The van der Waals surface area contributed by atoms with E-state index in [0.717, 1.165) is 38.9 Å². The van der Waals surface area contributed by atoms with E-state index < -0.39 is 0 Å². The van der Waals surface area contributed by atoms with E-state index >= 15 is 0 Å². The molecule has 0 saturated carbocycles. The van der Waals surface area contributed by atoms with Crippen molar-refractivity contribution in [2.24, 2.45) is 5.73 Å². The minimum Gasteiger partial charge on any atom is -0.330 e. The molecule has 2 aromatic heterocycles. The molecule has 1 aliphatic carbocycles. The third kappa shape index (κ3) is 5.03. The molecule has 0 saturated heterocycles. The van der Waals surface area contributed by atoms with Crippen LogP contribution < -0.4 is 5.73 Å². The molecule has 2 heterocycles. The van der Waals surface area contributed by atoms with E-state index in [1.54, 1.807) is 0 Å². The van der Waals surface area contributed by atoms with Crippen molar-refractivity contribution in [3.05, 3.63) is 58.7 Å². The van der Waals surface area contributed by atoms with Crippen molar-refractivity contribution >= 4 is 12.4 Å². The Balaban J connectivity index is 0.00000243. The first kappa shape index (κ1) is 20.8. The number of halogens is 1. The largest absolute Gasteiger partial charge is 0.330 e. The topological polar surface area (TPSA) is 55.0 Å². The molecule has 142 valence electrons. The van der Waals surface area contributed by atoms with Gasteiger partial charge in [-0.1, -0.05) is 12.1 Å². The highest BCUT2D eigenvalue weighted by Crippen LogP contribution is 2.34. The quantitative estimate of drug-likeness (QED) is 0.740. The summed E-state index contributed by atoms with van der Waals surface area (Å²) in [6, 6.07) is 6.92. The molecule has 5 heteroatoms. The summed E-state index contributed by atoms with van der Waals surface area (Å²) in [5, 5.41) is 0. The Kier molecular flexibility index (Phi) is 8.01. The number of rotatable bonds is 7. The van der Waals surface area contributed by atoms with Gasteiger partial charge in [0, 0.05) is 18.9 Å². The van der Waals surface area contributed by atoms with Crippen LogP contribution in [0.1, 0.15) is 59.8 Å². The zero-order chi connectivity index (χ0) is 17.6. The van der Waals surface area contributed by atoms with Crippen molar-refractivity contribution in [2.45, 2.75) is 58.5 Å². The monoisotopic (exact) mass is 374 g/mol. The van der Waals surface area contributed by atoms with Gasteiger partial charge in [0.15, 0.2) is 0 Å². The van der Waals surface area contributed by atoms with E-state index in [2.05, 4.69) is 36.9 Å². The molecule has 0 fully saturated rings. The number of aromatic nitrogens is 2. The highest BCUT2D eigenvalue weighted by Gasteiger charge is 2.27. The number of nitrogens with zero attached hydrogens (tertiary/aromatic N) is 3. The second kappa shape index (κ2) is 10.0. The number of pyridine rings is 2. The van der Waals surface area contributed by atoms with E-state index in [9.17, 15) is 0 Å². The molecule has 2 N–H and O–H groups in total. The smallest absolute Gasteiger partial charge is 0.0607 e. The van der Waals surface area contributed by atoms with Gasteiger partial charge in [0.1, 0.15) is 0 Å². The summed E-state index contributed by atoms with van der Waals surface area (Å²) in [5.74, 6) is 0. The first-order valence-corrected chi connectivity index (χ1v) is 9.49. The summed E-state index contributed by atoms with van der Waals surface area (Å²) in [6.45, 7) is 6.96. The van der Waals surface area contributed by atoms with Crippen molar-refractivity contribution < 1.29 is 0 Å². The summed E-state index contributed by atoms with van der Waals surface area (Å²) in [5.41, 5.74) is 12.1. The van der Waals surface area contributed by atoms with Gasteiger partial charge >= 0.3 is 0 Å². The average Bonchev–Trinajstić information content (AvgIpc) is 2.62. The second-order valence-corrected chi connectivity index (χ2v) is 7.20. The molecular weight excluding hydrogens is 344 g/mol. The van der Waals surface area contributed by atoms with Crippen LogP contribution in [0.15, 0.2) is 30.6 Å². The van der Waals surface area contributed by atoms with Gasteiger partial charge in [0.05, 0.1) is 17.4 Å². The molecule has 1 atom stereocenters. The molecule has 4 nitrogen and oxygen atoms in total. The number of unbranched alkanes of at least 4 members (excludes halogenated alkanes) is 1. The molecule has 0 radical (unpaired) electrons. The van der Waals surface area contributed by atoms with E-state index in [4.69, 9.17) is 15.7 Å². The van der Waals surface area contributed by atoms with Crippen LogP contribution in [-0.2, 0) is 13.0 Å². The Morgan fingerprint density at radius 3 is 2.85 bits per heavy atom. The molecule has 0 aliphatic heterocycles. The van der Waals surface area contributed by atoms with Gasteiger partial charge < -0.3 is 5.73 Å². The van der Waals surface area contributed by atoms with Crippen molar-refractivity contribution in [1.82, 2.24) is 14.9 Å². The maximum absolute atomic E-state index is 5.72. The summed E-state index contributed by atoms with van der Waals surface area (Å²) < 4.78 is 0. The molecule has 0 unspecified atom stereocenters. The molecule has 3 rings (SSSR count). The number of hydrogen-bond acceptors (Lipinski definition) is 4. The lowest BCUT2D eigenvalue weighted by molar-refractivity contribution is 0.161. The van der Waals surface area contributed by atoms with Crippen LogP contribution >= 0.6 is 12.4 Å². The predicted octanol–water partition coefficient (Wildman–Crippen LogP) is 4.13. The number of fused-ring (bicyclic) bond motifs is 1. The standard InChI is InChI=1S/C21H30N4.ClH/c1-16-13-17(2)19(24-14-16)15-25(12-4-3-10-22)20-9-5-7-18-8-6-11-23-21(18)20;/h6,8,11,13-14,20H,3-5,7,9-10,12,15,22H2,1-2H3;1H/t20-;/m0./s1. The summed E-state index contributed by atoms with van der Waals surface area (Å²) in [6.07, 6.45) is 9.67. The van der Waals surface area contributed by atoms with E-state index in [-0.39, 0.29) is 12.4 Å². The fourth-order valence-corrected chi connectivity index (χ4v) is 3.85. The lowest BCUT2D eigenvalue weighted by atomic mass is 9.90. The molecule has 2 aromatic rings. The predicted molar refractivity (Wildman–Crippen MR) is 110 cm³/mol. The first-order chi connectivity index (χ1) is 12.2. The SMILES string of the molecule is Cc1cnc(CN(CCCCN)[C@H]2CCCc3cccnc32)c(C)c1.Cl. The van der Waals surface area contributed by atoms with E-state index in [1.165, 1.54) is 40.9 Å². The Bertz CT molecular complexity index is 704. The lowest BCUT2D eigenvalue weighted by Crippen LogP contribution is -2.33. The van der Waals surface area contributed by atoms with Crippen LogP contribution in [0.4, 0.5) is 0 Å². The minimum absolute atomic E-state index is 0. The van der Waals surface area contributed by atoms with Crippen LogP contribution in [0.5, 0.6) is 0 Å². The van der Waals surface area contributed by atoms with Gasteiger partial charge in [-0.25, -0.2) is 0 Å². The Hall–Kier alpha value is -1.49. The van der Waals surface area contributed by atoms with E-state index in [1.807, 2.05) is 12.4 Å². The molecule has 0 aromatic carbocycles. The molecule has 1 aliphatic rings. The zero-order valence-electron chi connectivity index (χ0n) is 15.9. The van der Waals surface area contributed by atoms with Crippen LogP contribution in [0, 0.1) is 13.8 Å². The first-order valence-electron chi connectivity index (χ1n) is 9.49. The van der Waals surface area contributed by atoms with Crippen molar-refractivity contribution in [2.75, 3.05) is 13.1 Å². The van der Waals surface area contributed by atoms with Crippen LogP contribution in [0.25, 0.3) is 0 Å². The third-order valence-corrected chi connectivity index (χ3v) is 5.18. The average molecular weight is 375 g/mol. The van der Waals surface area contributed by atoms with Gasteiger partial charge in [-0.15, -0.1) is 12.4 Å². The van der Waals surface area contributed by atoms with Gasteiger partial charge in [0.2, 0.25) is 0 Å². The van der Waals surface area contributed by atoms with Crippen LogP contribution in [0.2, 0.25) is 0 Å². The normalized spacial score (nSPS) is 16.2. The molecule has 26 heavy (non-hydrogen) atoms. The van der Waals surface area contributed by atoms with Crippen molar-refractivity contribution in [1.29, 1.82) is 0 Å². The highest BCUT2D eigenvalue weighted by molar-refractivity contribution is 5.85. The Labute approximate surface area is 163 Å². The fraction of sp³-hybridized carbons (Fsp3) is 0.524. The van der Waals surface area contributed by atoms with Crippen molar-refractivity contribution in [3.63, 3.8) is 0 Å². The van der Waals surface area contributed by atoms with Crippen LogP contribution in [-0.4, -0.2) is 28.0 Å². The maximum atomic E-state index is 5.72. The lowest BCUT2D eigenvalue weighted by Gasteiger charge is -2.35. The van der Waals surface area contributed by atoms with Gasteiger partial charge in [-0.3, -0.25) is 14.9 Å². The third-order valence-electron chi connectivity index (χ3n) is 5.18.